The highest BCUT2D eigenvalue weighted by Crippen LogP contribution is 2.56. The second-order valence-electron chi connectivity index (χ2n) is 21.5. The maximum absolute atomic E-state index is 2.56. The van der Waals surface area contributed by atoms with Crippen LogP contribution in [0.1, 0.15) is 233 Å². The number of likely N-dealkylation sites (tertiary alicyclic amines) is 2. The van der Waals surface area contributed by atoms with Crippen molar-refractivity contribution in [1.82, 2.24) is 0 Å². The highest BCUT2D eigenvalue weighted by Gasteiger charge is 2.61. The van der Waals surface area contributed by atoms with Crippen LogP contribution in [0.4, 0.5) is 0 Å². The number of quaternary nitrogens is 2. The lowest BCUT2D eigenvalue weighted by Gasteiger charge is -2.66. The summed E-state index contributed by atoms with van der Waals surface area (Å²) in [6.07, 6.45) is 49.2. The number of hydrogen-bond donors (Lipinski definition) is 0. The van der Waals surface area contributed by atoms with E-state index in [1.807, 2.05) is 0 Å². The summed E-state index contributed by atoms with van der Waals surface area (Å²) in [5.41, 5.74) is 1.39. The van der Waals surface area contributed by atoms with Crippen molar-refractivity contribution in [3.8, 4) is 0 Å². The van der Waals surface area contributed by atoms with Crippen molar-refractivity contribution in [3.05, 3.63) is 0 Å². The van der Waals surface area contributed by atoms with E-state index in [0.717, 1.165) is 47.8 Å². The van der Waals surface area contributed by atoms with Crippen molar-refractivity contribution in [3.63, 3.8) is 0 Å². The minimum atomic E-state index is 0. The summed E-state index contributed by atoms with van der Waals surface area (Å²) in [7, 11) is 0. The van der Waals surface area contributed by atoms with Crippen LogP contribution in [0.15, 0.2) is 0 Å². The number of hydrogen-bond acceptors (Lipinski definition) is 2. The van der Waals surface area contributed by atoms with Crippen LogP contribution in [0.5, 0.6) is 0 Å². The van der Waals surface area contributed by atoms with Gasteiger partial charge >= 0.3 is 0 Å². The summed E-state index contributed by atoms with van der Waals surface area (Å²) in [5.74, 6) is 3.93. The van der Waals surface area contributed by atoms with E-state index in [-0.39, 0.29) is 11.0 Å². The highest BCUT2D eigenvalue weighted by molar-refractivity contribution is 4.96. The van der Waals surface area contributed by atoms with E-state index in [4.69, 9.17) is 0 Å². The van der Waals surface area contributed by atoms with Crippen LogP contribution < -0.4 is 0 Å². The van der Waals surface area contributed by atoms with Crippen LogP contribution in [-0.4, -0.2) is 68.3 Å². The Kier molecular flexibility index (Phi) is 15.6. The molecule has 52 heavy (non-hydrogen) atoms. The molecule has 0 bridgehead atoms. The van der Waals surface area contributed by atoms with Crippen LogP contribution in [0, 0.1) is 23.7 Å². The van der Waals surface area contributed by atoms with Crippen molar-refractivity contribution in [2.75, 3.05) is 13.1 Å². The Balaban J connectivity index is 0.000000194. The molecule has 4 heteroatoms. The highest BCUT2D eigenvalue weighted by atomic mass is 16.0. The van der Waals surface area contributed by atoms with Gasteiger partial charge in [-0.3, -0.25) is 0 Å². The molecule has 8 fully saturated rings. The van der Waals surface area contributed by atoms with Crippen LogP contribution in [0.25, 0.3) is 0 Å². The van der Waals surface area contributed by atoms with Gasteiger partial charge in [0.1, 0.15) is 0 Å². The molecule has 8 atom stereocenters. The topological polar surface area (TPSA) is 60.0 Å². The molecular formula is C48H90N2O2. The first-order chi connectivity index (χ1) is 24.3. The monoisotopic (exact) mass is 727 g/mol. The van der Waals surface area contributed by atoms with Crippen molar-refractivity contribution >= 4 is 0 Å². The lowest BCUT2D eigenvalue weighted by molar-refractivity contribution is -1.03. The number of rotatable bonds is 4. The second-order valence-corrected chi connectivity index (χ2v) is 21.5. The molecule has 2 heterocycles. The first-order valence-electron chi connectivity index (χ1n) is 24.1. The summed E-state index contributed by atoms with van der Waals surface area (Å²) in [4.78, 5) is 0. The predicted molar refractivity (Wildman–Crippen MR) is 219 cm³/mol. The molecule has 2 spiro atoms. The molecule has 0 aromatic heterocycles. The average Bonchev–Trinajstić information content (AvgIpc) is 3.13. The van der Waals surface area contributed by atoms with Gasteiger partial charge in [0.2, 0.25) is 0 Å². The van der Waals surface area contributed by atoms with E-state index in [9.17, 15) is 0 Å². The fraction of sp³-hybridized carbons (Fsp3) is 1.00. The molecule has 0 aromatic carbocycles. The normalized spacial score (nSPS) is 43.6. The smallest absolute Gasteiger partial charge is 0.0996 e. The van der Waals surface area contributed by atoms with Crippen LogP contribution in [-0.2, 0) is 0 Å². The van der Waals surface area contributed by atoms with Gasteiger partial charge in [0.25, 0.3) is 0 Å². The van der Waals surface area contributed by atoms with Gasteiger partial charge in [-0.05, 0) is 126 Å². The Morgan fingerprint density at radius 1 is 0.308 bits per heavy atom. The molecule has 8 unspecified atom stereocenters. The molecule has 2 saturated heterocycles. The van der Waals surface area contributed by atoms with Crippen LogP contribution in [0.3, 0.4) is 0 Å². The van der Waals surface area contributed by atoms with E-state index in [2.05, 4.69) is 27.7 Å². The van der Waals surface area contributed by atoms with E-state index in [0.29, 0.717) is 11.1 Å². The van der Waals surface area contributed by atoms with Gasteiger partial charge in [-0.15, -0.1) is 0 Å². The van der Waals surface area contributed by atoms with Gasteiger partial charge < -0.3 is 19.9 Å². The number of nitrogens with zero attached hydrogens (tertiary/aromatic N) is 2. The van der Waals surface area contributed by atoms with Gasteiger partial charge in [-0.25, -0.2) is 0 Å². The second kappa shape index (κ2) is 18.9. The molecule has 304 valence electrons. The molecule has 0 amide bonds. The van der Waals surface area contributed by atoms with E-state index >= 15 is 0 Å². The Morgan fingerprint density at radius 3 is 0.808 bits per heavy atom. The molecule has 0 radical (unpaired) electrons. The minimum Gasteiger partial charge on any atom is -0.870 e. The summed E-state index contributed by atoms with van der Waals surface area (Å²) >= 11 is 0. The molecule has 8 rings (SSSR count). The Labute approximate surface area is 324 Å². The standard InChI is InChI=1S/2C24H44N.2H2O/c2*1-20-10-8-12-22(18-20)25(23-13-9-11-21(2)19-23)17-7-6-16-24(25)14-4-3-5-15-24;;/h2*20-23H,3-19H2,1-2H3;2*1H2/q2*+1;;/p-2. The lowest BCUT2D eigenvalue weighted by atomic mass is 9.67. The molecule has 8 aliphatic rings. The zero-order chi connectivity index (χ0) is 34.7. The van der Waals surface area contributed by atoms with Crippen LogP contribution in [0.2, 0.25) is 0 Å². The largest absolute Gasteiger partial charge is 0.870 e. The van der Waals surface area contributed by atoms with E-state index in [1.165, 1.54) is 116 Å². The predicted octanol–water partition coefficient (Wildman–Crippen LogP) is 13.3. The molecule has 2 aliphatic heterocycles. The molecule has 6 saturated carbocycles. The Bertz CT molecular complexity index is 904. The SMILES string of the molecule is CC1CCCC([N+]2(C3CCCC(C)C3)CCCCC23CCCCC3)C1.CC1CCCC([N+]2(C3CCCC(C)C3)CCCCC23CCCCC3)C1.[OH-].[OH-]. The summed E-state index contributed by atoms with van der Waals surface area (Å²) in [6, 6.07) is 4.05. The molecule has 6 aliphatic carbocycles. The van der Waals surface area contributed by atoms with E-state index in [1.54, 1.807) is 112 Å². The zero-order valence-corrected chi connectivity index (χ0v) is 35.4. The van der Waals surface area contributed by atoms with Crippen molar-refractivity contribution < 1.29 is 19.9 Å². The van der Waals surface area contributed by atoms with Gasteiger partial charge in [-0.1, -0.05) is 66.2 Å². The summed E-state index contributed by atoms with van der Waals surface area (Å²) in [5, 5.41) is 0. The van der Waals surface area contributed by atoms with Crippen molar-refractivity contribution in [2.45, 2.75) is 268 Å². The lowest BCUT2D eigenvalue weighted by Crippen LogP contribution is -2.76. The third-order valence-corrected chi connectivity index (χ3v) is 18.4. The maximum atomic E-state index is 2.56. The first-order valence-corrected chi connectivity index (χ1v) is 24.1. The molecular weight excluding hydrogens is 637 g/mol. The van der Waals surface area contributed by atoms with Gasteiger partial charge in [0.15, 0.2) is 0 Å². The molecule has 2 N–H and O–H groups in total. The third kappa shape index (κ3) is 8.28. The minimum absolute atomic E-state index is 0. The fourth-order valence-corrected chi connectivity index (χ4v) is 16.5. The van der Waals surface area contributed by atoms with Crippen LogP contribution >= 0.6 is 0 Å². The summed E-state index contributed by atoms with van der Waals surface area (Å²) < 4.78 is 3.25. The summed E-state index contributed by atoms with van der Waals surface area (Å²) in [6.45, 7) is 13.3. The Morgan fingerprint density at radius 2 is 0.558 bits per heavy atom. The quantitative estimate of drug-likeness (QED) is 0.271. The average molecular weight is 727 g/mol. The first kappa shape index (κ1) is 43.0. The zero-order valence-electron chi connectivity index (χ0n) is 35.4. The molecule has 0 aromatic rings. The Hall–Kier alpha value is -0.160. The maximum Gasteiger partial charge on any atom is 0.0996 e. The van der Waals surface area contributed by atoms with E-state index < -0.39 is 0 Å². The number of piperidine rings is 2. The van der Waals surface area contributed by atoms with Crippen molar-refractivity contribution in [1.29, 1.82) is 0 Å². The van der Waals surface area contributed by atoms with Gasteiger partial charge in [-0.2, -0.15) is 0 Å². The van der Waals surface area contributed by atoms with Gasteiger partial charge in [0.05, 0.1) is 48.3 Å². The van der Waals surface area contributed by atoms with Crippen molar-refractivity contribution in [2.24, 2.45) is 23.7 Å². The molecule has 4 nitrogen and oxygen atoms in total. The third-order valence-electron chi connectivity index (χ3n) is 18.4. The fourth-order valence-electron chi connectivity index (χ4n) is 16.5. The van der Waals surface area contributed by atoms with Gasteiger partial charge in [0, 0.05) is 64.2 Å².